The van der Waals surface area contributed by atoms with Crippen molar-refractivity contribution in [3.63, 3.8) is 0 Å². The largest absolute Gasteiger partial charge is 0.488 e. The van der Waals surface area contributed by atoms with Crippen LogP contribution in [-0.2, 0) is 4.74 Å². The Morgan fingerprint density at radius 1 is 1.32 bits per heavy atom. The maximum absolute atomic E-state index is 13.4. The Hall–Kier alpha value is -1.13. The van der Waals surface area contributed by atoms with Crippen LogP contribution in [0.25, 0.3) is 0 Å². The van der Waals surface area contributed by atoms with Gasteiger partial charge in [-0.2, -0.15) is 0 Å². The van der Waals surface area contributed by atoms with E-state index in [9.17, 15) is 4.39 Å². The summed E-state index contributed by atoms with van der Waals surface area (Å²) in [4.78, 5) is 0. The number of rotatable bonds is 7. The van der Waals surface area contributed by atoms with Crippen molar-refractivity contribution in [1.82, 2.24) is 5.32 Å². The van der Waals surface area contributed by atoms with Crippen molar-refractivity contribution >= 4 is 0 Å². The summed E-state index contributed by atoms with van der Waals surface area (Å²) in [6.07, 6.45) is 3.50. The molecule has 2 atom stereocenters. The first-order valence-corrected chi connectivity index (χ1v) is 7.03. The normalized spacial score (nSPS) is 22.6. The summed E-state index contributed by atoms with van der Waals surface area (Å²) in [5, 5.41) is 3.35. The van der Waals surface area contributed by atoms with Crippen LogP contribution >= 0.6 is 0 Å². The summed E-state index contributed by atoms with van der Waals surface area (Å²) < 4.78 is 24.7. The van der Waals surface area contributed by atoms with Gasteiger partial charge in [-0.15, -0.1) is 0 Å². The van der Waals surface area contributed by atoms with E-state index in [1.807, 2.05) is 0 Å². The summed E-state index contributed by atoms with van der Waals surface area (Å²) in [6, 6.07) is 6.47. The molecule has 0 aliphatic carbocycles. The first kappa shape index (κ1) is 14.3. The second kappa shape index (κ2) is 7.46. The minimum absolute atomic E-state index is 0.0769. The number of hydrogen-bond donors (Lipinski definition) is 1. The first-order valence-electron chi connectivity index (χ1n) is 7.03. The topological polar surface area (TPSA) is 30.5 Å². The van der Waals surface area contributed by atoms with E-state index in [2.05, 4.69) is 12.2 Å². The summed E-state index contributed by atoms with van der Waals surface area (Å²) >= 11 is 0. The number of benzene rings is 1. The van der Waals surface area contributed by atoms with Gasteiger partial charge < -0.3 is 14.8 Å². The van der Waals surface area contributed by atoms with Crippen LogP contribution in [-0.4, -0.2) is 31.9 Å². The molecule has 0 saturated carbocycles. The van der Waals surface area contributed by atoms with Gasteiger partial charge in [-0.25, -0.2) is 4.39 Å². The van der Waals surface area contributed by atoms with Gasteiger partial charge in [0.05, 0.1) is 12.2 Å². The average molecular weight is 267 g/mol. The third kappa shape index (κ3) is 4.48. The van der Waals surface area contributed by atoms with Crippen molar-refractivity contribution in [2.45, 2.75) is 38.4 Å². The molecule has 1 N–H and O–H groups in total. The Balaban J connectivity index is 1.69. The van der Waals surface area contributed by atoms with Crippen LogP contribution in [0, 0.1) is 5.82 Å². The Morgan fingerprint density at radius 2 is 2.11 bits per heavy atom. The molecule has 1 fully saturated rings. The molecule has 1 aromatic rings. The molecule has 106 valence electrons. The molecule has 0 radical (unpaired) electrons. The Labute approximate surface area is 114 Å². The van der Waals surface area contributed by atoms with E-state index < -0.39 is 0 Å². The number of para-hydroxylation sites is 1. The second-order valence-corrected chi connectivity index (χ2v) is 4.90. The molecule has 19 heavy (non-hydrogen) atoms. The van der Waals surface area contributed by atoms with Crippen LogP contribution in [0.3, 0.4) is 0 Å². The lowest BCUT2D eigenvalue weighted by Gasteiger charge is -2.15. The minimum Gasteiger partial charge on any atom is -0.488 e. The highest BCUT2D eigenvalue weighted by Crippen LogP contribution is 2.22. The smallest absolute Gasteiger partial charge is 0.165 e. The molecule has 0 aromatic heterocycles. The number of hydrogen-bond acceptors (Lipinski definition) is 3. The first-order chi connectivity index (χ1) is 9.29. The Bertz CT molecular complexity index is 386. The van der Waals surface area contributed by atoms with Crippen LogP contribution in [0.4, 0.5) is 4.39 Å². The van der Waals surface area contributed by atoms with E-state index in [4.69, 9.17) is 9.47 Å². The summed E-state index contributed by atoms with van der Waals surface area (Å²) in [5.74, 6) is -0.0136. The average Bonchev–Trinajstić information content (AvgIpc) is 2.86. The monoisotopic (exact) mass is 267 g/mol. The van der Waals surface area contributed by atoms with Crippen molar-refractivity contribution in [1.29, 1.82) is 0 Å². The zero-order valence-corrected chi connectivity index (χ0v) is 11.4. The fourth-order valence-corrected chi connectivity index (χ4v) is 2.24. The number of halogens is 1. The van der Waals surface area contributed by atoms with Crippen LogP contribution in [0.15, 0.2) is 24.3 Å². The molecule has 0 bridgehead atoms. The molecule has 1 aliphatic rings. The Kier molecular flexibility index (Phi) is 5.61. The van der Waals surface area contributed by atoms with Crippen molar-refractivity contribution < 1.29 is 13.9 Å². The molecule has 4 heteroatoms. The molecule has 2 rings (SSSR count). The quantitative estimate of drug-likeness (QED) is 0.771. The molecule has 0 spiro atoms. The molecular weight excluding hydrogens is 245 g/mol. The predicted molar refractivity (Wildman–Crippen MR) is 73.0 cm³/mol. The lowest BCUT2D eigenvalue weighted by molar-refractivity contribution is 0.0179. The molecule has 0 amide bonds. The highest BCUT2D eigenvalue weighted by molar-refractivity contribution is 5.23. The maximum Gasteiger partial charge on any atom is 0.165 e. The highest BCUT2D eigenvalue weighted by atomic mass is 19.1. The van der Waals surface area contributed by atoms with Crippen molar-refractivity contribution in [3.05, 3.63) is 30.1 Å². The van der Waals surface area contributed by atoms with E-state index in [0.717, 1.165) is 32.4 Å². The van der Waals surface area contributed by atoms with Gasteiger partial charge in [-0.1, -0.05) is 19.1 Å². The summed E-state index contributed by atoms with van der Waals surface area (Å²) in [5.41, 5.74) is 0. The SMILES string of the molecule is CCCNCC1CCC(COc2ccccc2F)O1. The number of nitrogens with one attached hydrogen (secondary N) is 1. The number of ether oxygens (including phenoxy) is 2. The fraction of sp³-hybridized carbons (Fsp3) is 0.600. The predicted octanol–water partition coefficient (Wildman–Crippen LogP) is 2.75. The van der Waals surface area contributed by atoms with Crippen LogP contribution < -0.4 is 10.1 Å². The van der Waals surface area contributed by atoms with Crippen LogP contribution in [0.2, 0.25) is 0 Å². The zero-order valence-electron chi connectivity index (χ0n) is 11.4. The molecule has 1 aliphatic heterocycles. The van der Waals surface area contributed by atoms with E-state index in [1.54, 1.807) is 18.2 Å². The molecule has 1 saturated heterocycles. The van der Waals surface area contributed by atoms with Crippen LogP contribution in [0.5, 0.6) is 5.75 Å². The van der Waals surface area contributed by atoms with Gasteiger partial charge in [-0.05, 0) is 37.9 Å². The Morgan fingerprint density at radius 3 is 2.89 bits per heavy atom. The lowest BCUT2D eigenvalue weighted by Crippen LogP contribution is -2.28. The van der Waals surface area contributed by atoms with Gasteiger partial charge >= 0.3 is 0 Å². The van der Waals surface area contributed by atoms with Gasteiger partial charge in [0.15, 0.2) is 11.6 Å². The summed E-state index contributed by atoms with van der Waals surface area (Å²) in [6.45, 7) is 4.49. The van der Waals surface area contributed by atoms with E-state index in [0.29, 0.717) is 12.4 Å². The second-order valence-electron chi connectivity index (χ2n) is 4.90. The van der Waals surface area contributed by atoms with Gasteiger partial charge in [-0.3, -0.25) is 0 Å². The van der Waals surface area contributed by atoms with Gasteiger partial charge in [0.1, 0.15) is 6.61 Å². The van der Waals surface area contributed by atoms with Crippen molar-refractivity contribution in [2.75, 3.05) is 19.7 Å². The van der Waals surface area contributed by atoms with E-state index in [-0.39, 0.29) is 18.0 Å². The molecule has 1 aromatic carbocycles. The summed E-state index contributed by atoms with van der Waals surface area (Å²) in [7, 11) is 0. The van der Waals surface area contributed by atoms with Crippen molar-refractivity contribution in [2.24, 2.45) is 0 Å². The highest BCUT2D eigenvalue weighted by Gasteiger charge is 2.25. The van der Waals surface area contributed by atoms with Gasteiger partial charge in [0.25, 0.3) is 0 Å². The van der Waals surface area contributed by atoms with Crippen LogP contribution in [0.1, 0.15) is 26.2 Å². The maximum atomic E-state index is 13.4. The van der Waals surface area contributed by atoms with Crippen molar-refractivity contribution in [3.8, 4) is 5.75 Å². The third-order valence-corrected chi connectivity index (χ3v) is 3.26. The standard InChI is InChI=1S/C15H22FNO2/c1-2-9-17-10-12-7-8-13(19-12)11-18-15-6-4-3-5-14(15)16/h3-6,12-13,17H,2,7-11H2,1H3. The molecule has 3 nitrogen and oxygen atoms in total. The van der Waals surface area contributed by atoms with Gasteiger partial charge in [0.2, 0.25) is 0 Å². The van der Waals surface area contributed by atoms with Gasteiger partial charge in [0, 0.05) is 6.54 Å². The minimum atomic E-state index is -0.318. The lowest BCUT2D eigenvalue weighted by atomic mass is 10.2. The zero-order chi connectivity index (χ0) is 13.5. The van der Waals surface area contributed by atoms with E-state index in [1.165, 1.54) is 6.07 Å². The molecule has 2 unspecified atom stereocenters. The molecule has 1 heterocycles. The molecular formula is C15H22FNO2. The fourth-order valence-electron chi connectivity index (χ4n) is 2.24. The third-order valence-electron chi connectivity index (χ3n) is 3.26. The van der Waals surface area contributed by atoms with E-state index >= 15 is 0 Å².